The fraction of sp³-hybridized carbons (Fsp3) is 0.368. The first-order valence-electron chi connectivity index (χ1n) is 8.95. The second kappa shape index (κ2) is 7.16. The summed E-state index contributed by atoms with van der Waals surface area (Å²) in [6, 6.07) is 7.94. The predicted octanol–water partition coefficient (Wildman–Crippen LogP) is 4.64. The number of fused-ring (bicyclic) bond motifs is 2. The van der Waals surface area contributed by atoms with Crippen molar-refractivity contribution in [2.75, 3.05) is 23.3 Å². The van der Waals surface area contributed by atoms with Crippen molar-refractivity contribution >= 4 is 29.1 Å². The minimum absolute atomic E-state index is 0.115. The molecule has 2 aromatic rings. The largest absolute Gasteiger partial charge is 0.416 e. The summed E-state index contributed by atoms with van der Waals surface area (Å²) in [5, 5.41) is 3.27. The highest BCUT2D eigenvalue weighted by molar-refractivity contribution is 6.33. The van der Waals surface area contributed by atoms with E-state index in [0.29, 0.717) is 23.8 Å². The van der Waals surface area contributed by atoms with Crippen molar-refractivity contribution in [2.45, 2.75) is 31.1 Å². The number of hydrogen-bond donors (Lipinski definition) is 1. The fourth-order valence-corrected chi connectivity index (χ4v) is 4.15. The van der Waals surface area contributed by atoms with E-state index in [0.717, 1.165) is 30.8 Å². The van der Waals surface area contributed by atoms with Gasteiger partial charge in [0.2, 0.25) is 0 Å². The Labute approximate surface area is 165 Å². The molecule has 28 heavy (non-hydrogen) atoms. The first-order valence-corrected chi connectivity index (χ1v) is 9.33. The van der Waals surface area contributed by atoms with E-state index in [4.69, 9.17) is 11.6 Å². The number of benzene rings is 1. The molecule has 148 valence electrons. The lowest BCUT2D eigenvalue weighted by Gasteiger charge is -2.41. The number of urea groups is 1. The summed E-state index contributed by atoms with van der Waals surface area (Å²) < 4.78 is 38.0. The third kappa shape index (κ3) is 3.61. The lowest BCUT2D eigenvalue weighted by molar-refractivity contribution is -0.137. The number of halogens is 4. The van der Waals surface area contributed by atoms with Crippen molar-refractivity contribution in [1.82, 2.24) is 9.88 Å². The zero-order valence-electron chi connectivity index (χ0n) is 14.8. The van der Waals surface area contributed by atoms with Crippen LogP contribution in [0.25, 0.3) is 0 Å². The van der Waals surface area contributed by atoms with Gasteiger partial charge in [0.05, 0.1) is 10.6 Å². The molecule has 2 amide bonds. The van der Waals surface area contributed by atoms with Crippen molar-refractivity contribution in [3.05, 3.63) is 53.2 Å². The maximum atomic E-state index is 12.7. The lowest BCUT2D eigenvalue weighted by Crippen LogP contribution is -2.56. The Morgan fingerprint density at radius 1 is 1.11 bits per heavy atom. The maximum Gasteiger partial charge on any atom is 0.416 e. The van der Waals surface area contributed by atoms with Crippen LogP contribution < -0.4 is 10.2 Å². The van der Waals surface area contributed by atoms with Gasteiger partial charge >= 0.3 is 12.2 Å². The van der Waals surface area contributed by atoms with Gasteiger partial charge in [0, 0.05) is 37.1 Å². The molecule has 1 aromatic heterocycles. The normalized spacial score (nSPS) is 21.7. The number of aromatic nitrogens is 1. The van der Waals surface area contributed by atoms with Gasteiger partial charge in [0.1, 0.15) is 5.82 Å². The average Bonchev–Trinajstić information content (AvgIpc) is 2.91. The molecule has 2 unspecified atom stereocenters. The number of pyridine rings is 1. The highest BCUT2D eigenvalue weighted by Crippen LogP contribution is 2.37. The van der Waals surface area contributed by atoms with Crippen LogP contribution in [0.3, 0.4) is 0 Å². The fourth-order valence-electron chi connectivity index (χ4n) is 3.93. The Morgan fingerprint density at radius 2 is 1.75 bits per heavy atom. The standard InChI is InChI=1S/C19H18ClF3N4O/c20-16-2-1-9-24-17(16)27-14-7-8-15(27)11-26(10-14)18(28)25-13-5-3-12(4-6-13)19(21,22)23/h1-6,9,14-15H,7-8,10-11H2,(H,25,28). The average molecular weight is 411 g/mol. The summed E-state index contributed by atoms with van der Waals surface area (Å²) in [5.74, 6) is 0.736. The molecule has 4 rings (SSSR count). The van der Waals surface area contributed by atoms with Crippen molar-refractivity contribution in [3.8, 4) is 0 Å². The Kier molecular flexibility index (Phi) is 4.82. The SMILES string of the molecule is O=C(Nc1ccc(C(F)(F)F)cc1)N1CC2CCC(C1)N2c1ncccc1Cl. The number of nitrogens with one attached hydrogen (secondary N) is 1. The number of rotatable bonds is 2. The molecule has 1 N–H and O–H groups in total. The van der Waals surface area contributed by atoms with Crippen molar-refractivity contribution in [2.24, 2.45) is 0 Å². The molecule has 2 aliphatic heterocycles. The summed E-state index contributed by atoms with van der Waals surface area (Å²) in [7, 11) is 0. The van der Waals surface area contributed by atoms with E-state index in [1.165, 1.54) is 12.1 Å². The third-order valence-corrected chi connectivity index (χ3v) is 5.51. The Hall–Kier alpha value is -2.48. The highest BCUT2D eigenvalue weighted by atomic mass is 35.5. The molecule has 2 saturated heterocycles. The molecular formula is C19H18ClF3N4O. The van der Waals surface area contributed by atoms with Crippen LogP contribution in [-0.2, 0) is 6.18 Å². The van der Waals surface area contributed by atoms with Gasteiger partial charge in [0.15, 0.2) is 0 Å². The quantitative estimate of drug-likeness (QED) is 0.784. The van der Waals surface area contributed by atoms with E-state index >= 15 is 0 Å². The Bertz CT molecular complexity index is 860. The molecular weight excluding hydrogens is 393 g/mol. The molecule has 1 aromatic carbocycles. The van der Waals surface area contributed by atoms with E-state index in [1.807, 2.05) is 0 Å². The molecule has 2 aliphatic rings. The van der Waals surface area contributed by atoms with Crippen LogP contribution >= 0.6 is 11.6 Å². The van der Waals surface area contributed by atoms with Gasteiger partial charge in [0.25, 0.3) is 0 Å². The van der Waals surface area contributed by atoms with Crippen molar-refractivity contribution in [1.29, 1.82) is 0 Å². The number of piperazine rings is 1. The molecule has 2 atom stereocenters. The van der Waals surface area contributed by atoms with Crippen molar-refractivity contribution in [3.63, 3.8) is 0 Å². The maximum absolute atomic E-state index is 12.7. The van der Waals surface area contributed by atoms with Gasteiger partial charge in [-0.1, -0.05) is 11.6 Å². The number of carbonyl (C=O) groups excluding carboxylic acids is 1. The second-order valence-corrected chi connectivity index (χ2v) is 7.42. The molecule has 0 saturated carbocycles. The summed E-state index contributed by atoms with van der Waals surface area (Å²) in [4.78, 5) is 20.9. The van der Waals surface area contributed by atoms with Crippen LogP contribution in [0.15, 0.2) is 42.6 Å². The van der Waals surface area contributed by atoms with E-state index in [2.05, 4.69) is 15.2 Å². The van der Waals surface area contributed by atoms with Gasteiger partial charge in [-0.2, -0.15) is 13.2 Å². The second-order valence-electron chi connectivity index (χ2n) is 7.01. The summed E-state index contributed by atoms with van der Waals surface area (Å²) in [5.41, 5.74) is -0.412. The monoisotopic (exact) mass is 410 g/mol. The zero-order valence-corrected chi connectivity index (χ0v) is 15.5. The van der Waals surface area contributed by atoms with Crippen LogP contribution in [0.2, 0.25) is 5.02 Å². The lowest BCUT2D eigenvalue weighted by atomic mass is 10.2. The molecule has 9 heteroatoms. The number of hydrogen-bond acceptors (Lipinski definition) is 3. The van der Waals surface area contributed by atoms with Crippen LogP contribution in [-0.4, -0.2) is 41.1 Å². The highest BCUT2D eigenvalue weighted by Gasteiger charge is 2.42. The molecule has 5 nitrogen and oxygen atoms in total. The van der Waals surface area contributed by atoms with E-state index in [9.17, 15) is 18.0 Å². The van der Waals surface area contributed by atoms with Gasteiger partial charge < -0.3 is 15.1 Å². The molecule has 2 fully saturated rings. The number of nitrogens with zero attached hydrogens (tertiary/aromatic N) is 3. The molecule has 0 aliphatic carbocycles. The number of alkyl halides is 3. The minimum atomic E-state index is -4.40. The number of anilines is 2. The van der Waals surface area contributed by atoms with Gasteiger partial charge in [-0.05, 0) is 49.2 Å². The summed E-state index contributed by atoms with van der Waals surface area (Å²) >= 11 is 6.29. The van der Waals surface area contributed by atoms with E-state index in [-0.39, 0.29) is 18.1 Å². The Balaban J connectivity index is 1.43. The van der Waals surface area contributed by atoms with Gasteiger partial charge in [-0.3, -0.25) is 0 Å². The van der Waals surface area contributed by atoms with Crippen LogP contribution in [0.1, 0.15) is 18.4 Å². The first kappa shape index (κ1) is 18.9. The van der Waals surface area contributed by atoms with E-state index in [1.54, 1.807) is 23.2 Å². The number of amides is 2. The topological polar surface area (TPSA) is 48.5 Å². The van der Waals surface area contributed by atoms with Crippen molar-refractivity contribution < 1.29 is 18.0 Å². The minimum Gasteiger partial charge on any atom is -0.346 e. The smallest absolute Gasteiger partial charge is 0.346 e. The van der Waals surface area contributed by atoms with Gasteiger partial charge in [-0.15, -0.1) is 0 Å². The summed E-state index contributed by atoms with van der Waals surface area (Å²) in [6.45, 7) is 1.02. The molecule has 2 bridgehead atoms. The molecule has 0 radical (unpaired) electrons. The molecule has 0 spiro atoms. The predicted molar refractivity (Wildman–Crippen MR) is 101 cm³/mol. The van der Waals surface area contributed by atoms with Gasteiger partial charge in [-0.25, -0.2) is 9.78 Å². The van der Waals surface area contributed by atoms with E-state index < -0.39 is 11.7 Å². The molecule has 3 heterocycles. The first-order chi connectivity index (χ1) is 13.3. The van der Waals surface area contributed by atoms with Crippen LogP contribution in [0, 0.1) is 0 Å². The van der Waals surface area contributed by atoms with Crippen LogP contribution in [0.5, 0.6) is 0 Å². The number of likely N-dealkylation sites (tertiary alicyclic amines) is 1. The Morgan fingerprint density at radius 3 is 2.32 bits per heavy atom. The third-order valence-electron chi connectivity index (χ3n) is 5.22. The van der Waals surface area contributed by atoms with Crippen LogP contribution in [0.4, 0.5) is 29.5 Å². The number of carbonyl (C=O) groups is 1. The zero-order chi connectivity index (χ0) is 19.9. The summed E-state index contributed by atoms with van der Waals surface area (Å²) in [6.07, 6.45) is -0.835.